The maximum Gasteiger partial charge on any atom is 0.191 e. The molecule has 0 spiro atoms. The van der Waals surface area contributed by atoms with Gasteiger partial charge in [0.05, 0.1) is 11.7 Å². The first-order valence-corrected chi connectivity index (χ1v) is 5.76. The zero-order valence-electron chi connectivity index (χ0n) is 9.42. The number of ether oxygens (including phenoxy) is 1. The molecule has 0 heterocycles. The Balaban J connectivity index is 1.94. The minimum absolute atomic E-state index is 0.107. The summed E-state index contributed by atoms with van der Waals surface area (Å²) < 4.78 is 31.3. The van der Waals surface area contributed by atoms with Crippen LogP contribution in [-0.4, -0.2) is 18.5 Å². The molecule has 1 aliphatic carbocycles. The Hall–Kier alpha value is -1.29. The molecular formula is C13H14F2O2. The summed E-state index contributed by atoms with van der Waals surface area (Å²) in [6, 6.07) is 2.94. The molecule has 0 aliphatic heterocycles. The van der Waals surface area contributed by atoms with Crippen molar-refractivity contribution in [1.82, 2.24) is 0 Å². The number of halogens is 2. The van der Waals surface area contributed by atoms with Gasteiger partial charge >= 0.3 is 0 Å². The van der Waals surface area contributed by atoms with Gasteiger partial charge in [-0.3, -0.25) is 4.79 Å². The summed E-state index contributed by atoms with van der Waals surface area (Å²) >= 11 is 0. The first kappa shape index (κ1) is 12.2. The van der Waals surface area contributed by atoms with Crippen LogP contribution in [0.3, 0.4) is 0 Å². The first-order chi connectivity index (χ1) is 8.16. The Morgan fingerprint density at radius 3 is 2.65 bits per heavy atom. The third kappa shape index (κ3) is 3.09. The molecule has 2 rings (SSSR count). The molecule has 1 fully saturated rings. The van der Waals surface area contributed by atoms with Crippen LogP contribution >= 0.6 is 0 Å². The molecule has 4 heteroatoms. The number of carbonyl (C=O) groups excluding carboxylic acids is 1. The highest BCUT2D eigenvalue weighted by molar-refractivity contribution is 5.97. The van der Waals surface area contributed by atoms with Gasteiger partial charge in [-0.2, -0.15) is 0 Å². The van der Waals surface area contributed by atoms with E-state index < -0.39 is 17.4 Å². The van der Waals surface area contributed by atoms with Gasteiger partial charge in [-0.25, -0.2) is 8.78 Å². The Kier molecular flexibility index (Phi) is 3.84. The fraction of sp³-hybridized carbons (Fsp3) is 0.462. The molecule has 1 saturated carbocycles. The van der Waals surface area contributed by atoms with Crippen LogP contribution in [0.2, 0.25) is 0 Å². The summed E-state index contributed by atoms with van der Waals surface area (Å²) in [5, 5.41) is 0. The summed E-state index contributed by atoms with van der Waals surface area (Å²) in [5.41, 5.74) is -0.107. The predicted molar refractivity (Wildman–Crippen MR) is 58.9 cm³/mol. The SMILES string of the molecule is O=C(COC1CCCC1)c1ccc(F)cc1F. The van der Waals surface area contributed by atoms with Crippen molar-refractivity contribution in [2.24, 2.45) is 0 Å². The number of Topliss-reactive ketones (excluding diaryl/α,β-unsaturated/α-hetero) is 1. The van der Waals surface area contributed by atoms with E-state index in [0.29, 0.717) is 6.07 Å². The average Bonchev–Trinajstić information content (AvgIpc) is 2.78. The quantitative estimate of drug-likeness (QED) is 0.756. The van der Waals surface area contributed by atoms with Gasteiger partial charge in [-0.05, 0) is 25.0 Å². The monoisotopic (exact) mass is 240 g/mol. The molecule has 0 bridgehead atoms. The van der Waals surface area contributed by atoms with Crippen LogP contribution in [0.15, 0.2) is 18.2 Å². The molecule has 92 valence electrons. The zero-order chi connectivity index (χ0) is 12.3. The highest BCUT2D eigenvalue weighted by Gasteiger charge is 2.18. The van der Waals surface area contributed by atoms with E-state index in [4.69, 9.17) is 4.74 Å². The van der Waals surface area contributed by atoms with Crippen LogP contribution in [-0.2, 0) is 4.74 Å². The molecule has 0 radical (unpaired) electrons. The van der Waals surface area contributed by atoms with Crippen molar-refractivity contribution in [1.29, 1.82) is 0 Å². The van der Waals surface area contributed by atoms with Crippen molar-refractivity contribution in [3.05, 3.63) is 35.4 Å². The number of hydrogen-bond donors (Lipinski definition) is 0. The topological polar surface area (TPSA) is 26.3 Å². The summed E-state index contributed by atoms with van der Waals surface area (Å²) in [6.45, 7) is -0.132. The first-order valence-electron chi connectivity index (χ1n) is 5.76. The molecule has 1 aromatic carbocycles. The van der Waals surface area contributed by atoms with Crippen LogP contribution in [0.5, 0.6) is 0 Å². The summed E-state index contributed by atoms with van der Waals surface area (Å²) in [5.74, 6) is -1.95. The van der Waals surface area contributed by atoms with Crippen LogP contribution in [0.25, 0.3) is 0 Å². The van der Waals surface area contributed by atoms with Crippen molar-refractivity contribution in [2.45, 2.75) is 31.8 Å². The van der Waals surface area contributed by atoms with Crippen LogP contribution < -0.4 is 0 Å². The predicted octanol–water partition coefficient (Wildman–Crippen LogP) is 3.11. The number of benzene rings is 1. The minimum Gasteiger partial charge on any atom is -0.370 e. The number of ketones is 1. The lowest BCUT2D eigenvalue weighted by Crippen LogP contribution is -2.16. The van der Waals surface area contributed by atoms with Gasteiger partial charge < -0.3 is 4.74 Å². The van der Waals surface area contributed by atoms with E-state index >= 15 is 0 Å². The van der Waals surface area contributed by atoms with E-state index in [1.165, 1.54) is 0 Å². The lowest BCUT2D eigenvalue weighted by atomic mass is 10.1. The zero-order valence-corrected chi connectivity index (χ0v) is 9.42. The molecule has 0 saturated heterocycles. The second kappa shape index (κ2) is 5.36. The van der Waals surface area contributed by atoms with Crippen LogP contribution in [0.4, 0.5) is 8.78 Å². The third-order valence-corrected chi connectivity index (χ3v) is 2.98. The maximum absolute atomic E-state index is 13.3. The summed E-state index contributed by atoms with van der Waals surface area (Å²) in [7, 11) is 0. The van der Waals surface area contributed by atoms with Gasteiger partial charge in [0.1, 0.15) is 18.2 Å². The highest BCUT2D eigenvalue weighted by atomic mass is 19.1. The Morgan fingerprint density at radius 2 is 2.00 bits per heavy atom. The lowest BCUT2D eigenvalue weighted by molar-refractivity contribution is 0.0479. The van der Waals surface area contributed by atoms with Crippen molar-refractivity contribution in [3.63, 3.8) is 0 Å². The summed E-state index contributed by atoms with van der Waals surface area (Å²) in [6.07, 6.45) is 4.26. The van der Waals surface area contributed by atoms with E-state index in [9.17, 15) is 13.6 Å². The van der Waals surface area contributed by atoms with E-state index in [-0.39, 0.29) is 18.3 Å². The van der Waals surface area contributed by atoms with Crippen LogP contribution in [0, 0.1) is 11.6 Å². The van der Waals surface area contributed by atoms with Gasteiger partial charge in [0.2, 0.25) is 0 Å². The Morgan fingerprint density at radius 1 is 1.29 bits per heavy atom. The molecule has 1 aliphatic rings. The number of carbonyl (C=O) groups is 1. The van der Waals surface area contributed by atoms with Gasteiger partial charge in [0.15, 0.2) is 5.78 Å². The van der Waals surface area contributed by atoms with Crippen molar-refractivity contribution in [3.8, 4) is 0 Å². The standard InChI is InChI=1S/C13H14F2O2/c14-9-5-6-11(12(15)7-9)13(16)8-17-10-3-1-2-4-10/h5-7,10H,1-4,8H2. The minimum atomic E-state index is -0.829. The Labute approximate surface area is 98.6 Å². The molecule has 1 aromatic rings. The largest absolute Gasteiger partial charge is 0.370 e. The van der Waals surface area contributed by atoms with E-state index in [1.807, 2.05) is 0 Å². The van der Waals surface area contributed by atoms with Gasteiger partial charge in [-0.1, -0.05) is 12.8 Å². The molecule has 0 N–H and O–H groups in total. The molecule has 0 atom stereocenters. The number of hydrogen-bond acceptors (Lipinski definition) is 2. The summed E-state index contributed by atoms with van der Waals surface area (Å²) in [4.78, 5) is 11.6. The van der Waals surface area contributed by atoms with Crippen molar-refractivity contribution >= 4 is 5.78 Å². The number of rotatable bonds is 4. The molecule has 17 heavy (non-hydrogen) atoms. The fourth-order valence-corrected chi connectivity index (χ4v) is 2.04. The molecule has 0 unspecified atom stereocenters. The van der Waals surface area contributed by atoms with Gasteiger partial charge in [0, 0.05) is 6.07 Å². The average molecular weight is 240 g/mol. The maximum atomic E-state index is 13.3. The molecule has 0 amide bonds. The fourth-order valence-electron chi connectivity index (χ4n) is 2.04. The van der Waals surface area contributed by atoms with E-state index in [0.717, 1.165) is 37.8 Å². The smallest absolute Gasteiger partial charge is 0.191 e. The lowest BCUT2D eigenvalue weighted by Gasteiger charge is -2.10. The molecule has 0 aromatic heterocycles. The Bertz CT molecular complexity index is 412. The second-order valence-electron chi connectivity index (χ2n) is 4.26. The van der Waals surface area contributed by atoms with Gasteiger partial charge in [0.25, 0.3) is 0 Å². The van der Waals surface area contributed by atoms with Crippen LogP contribution in [0.1, 0.15) is 36.0 Å². The van der Waals surface area contributed by atoms with Crippen molar-refractivity contribution < 1.29 is 18.3 Å². The molecule has 2 nitrogen and oxygen atoms in total. The van der Waals surface area contributed by atoms with Gasteiger partial charge in [-0.15, -0.1) is 0 Å². The van der Waals surface area contributed by atoms with E-state index in [2.05, 4.69) is 0 Å². The molecular weight excluding hydrogens is 226 g/mol. The normalized spacial score (nSPS) is 16.4. The van der Waals surface area contributed by atoms with Crippen molar-refractivity contribution in [2.75, 3.05) is 6.61 Å². The van der Waals surface area contributed by atoms with E-state index in [1.54, 1.807) is 0 Å². The second-order valence-corrected chi connectivity index (χ2v) is 4.26. The highest BCUT2D eigenvalue weighted by Crippen LogP contribution is 2.21. The third-order valence-electron chi connectivity index (χ3n) is 2.98.